The second-order valence-electron chi connectivity index (χ2n) is 6.99. The molecule has 2 fully saturated rings. The van der Waals surface area contributed by atoms with Crippen LogP contribution in [0.3, 0.4) is 0 Å². The topological polar surface area (TPSA) is 27.7 Å². The molecule has 2 atom stereocenters. The van der Waals surface area contributed by atoms with Crippen LogP contribution < -0.4 is 15.0 Å². The average molecular weight is 348 g/mol. The van der Waals surface area contributed by atoms with Crippen LogP contribution >= 0.6 is 12.2 Å². The molecule has 1 aliphatic carbocycles. The molecule has 1 aliphatic heterocycles. The van der Waals surface area contributed by atoms with E-state index in [2.05, 4.69) is 40.2 Å². The number of methoxy groups -OCH3 is 1. The number of hydrogen-bond donors (Lipinski definition) is 1. The number of thiocarbonyl (C=S) groups is 1. The molecule has 4 nitrogen and oxygen atoms in total. The third kappa shape index (κ3) is 4.12. The molecule has 1 saturated carbocycles. The zero-order valence-electron chi connectivity index (χ0n) is 14.8. The zero-order chi connectivity index (χ0) is 16.9. The van der Waals surface area contributed by atoms with Crippen LogP contribution in [0, 0.1) is 5.92 Å². The van der Waals surface area contributed by atoms with Gasteiger partial charge in [-0.2, -0.15) is 0 Å². The van der Waals surface area contributed by atoms with E-state index in [0.717, 1.165) is 43.0 Å². The molecule has 0 unspecified atom stereocenters. The molecule has 5 heteroatoms. The van der Waals surface area contributed by atoms with Crippen LogP contribution in [0.15, 0.2) is 24.3 Å². The van der Waals surface area contributed by atoms with Gasteiger partial charge >= 0.3 is 0 Å². The van der Waals surface area contributed by atoms with Crippen molar-refractivity contribution in [1.29, 1.82) is 0 Å². The predicted molar refractivity (Wildman–Crippen MR) is 104 cm³/mol. The number of hydrogen-bond acceptors (Lipinski definition) is 3. The molecular weight excluding hydrogens is 318 g/mol. The van der Waals surface area contributed by atoms with E-state index in [1.165, 1.54) is 31.4 Å². The Morgan fingerprint density at radius 3 is 2.62 bits per heavy atom. The van der Waals surface area contributed by atoms with E-state index in [9.17, 15) is 0 Å². The number of nitrogens with zero attached hydrogens (tertiary/aromatic N) is 2. The molecule has 1 N–H and O–H groups in total. The van der Waals surface area contributed by atoms with Crippen molar-refractivity contribution in [2.45, 2.75) is 38.6 Å². The molecule has 1 aromatic carbocycles. The van der Waals surface area contributed by atoms with Gasteiger partial charge in [0.1, 0.15) is 5.75 Å². The highest BCUT2D eigenvalue weighted by molar-refractivity contribution is 7.80. The predicted octanol–water partition coefficient (Wildman–Crippen LogP) is 3.27. The van der Waals surface area contributed by atoms with E-state index in [0.29, 0.717) is 6.04 Å². The Bertz CT molecular complexity index is 557. The van der Waals surface area contributed by atoms with Crippen molar-refractivity contribution in [3.63, 3.8) is 0 Å². The first-order valence-electron chi connectivity index (χ1n) is 9.12. The highest BCUT2D eigenvalue weighted by Crippen LogP contribution is 2.25. The van der Waals surface area contributed by atoms with Gasteiger partial charge in [-0.25, -0.2) is 0 Å². The van der Waals surface area contributed by atoms with Crippen LogP contribution in [0.1, 0.15) is 32.6 Å². The standard InChI is InChI=1S/C19H29N3OS/c1-15-6-3-4-9-18(15)20-19(24)22-12-10-21(11-13-22)16-7-5-8-17(14-16)23-2/h5,7-8,14-15,18H,3-4,6,9-13H2,1-2H3,(H,20,24)/t15-,18+/m1/s1. The van der Waals surface area contributed by atoms with Gasteiger partial charge in [-0.05, 0) is 43.1 Å². The first-order chi connectivity index (χ1) is 11.7. The molecule has 1 aromatic rings. The Hall–Kier alpha value is -1.49. The minimum atomic E-state index is 0.558. The lowest BCUT2D eigenvalue weighted by molar-refractivity contribution is 0.293. The molecule has 24 heavy (non-hydrogen) atoms. The quantitative estimate of drug-likeness (QED) is 0.847. The number of anilines is 1. The molecule has 1 heterocycles. The van der Waals surface area contributed by atoms with E-state index in [1.807, 2.05) is 6.07 Å². The Morgan fingerprint density at radius 2 is 1.92 bits per heavy atom. The zero-order valence-corrected chi connectivity index (χ0v) is 15.6. The van der Waals surface area contributed by atoms with Crippen LogP contribution in [-0.4, -0.2) is 49.3 Å². The van der Waals surface area contributed by atoms with Crippen molar-refractivity contribution in [2.75, 3.05) is 38.2 Å². The van der Waals surface area contributed by atoms with E-state index < -0.39 is 0 Å². The molecule has 0 amide bonds. The van der Waals surface area contributed by atoms with Crippen molar-refractivity contribution in [3.8, 4) is 5.75 Å². The van der Waals surface area contributed by atoms with Gasteiger partial charge in [0, 0.05) is 44.0 Å². The van der Waals surface area contributed by atoms with E-state index in [1.54, 1.807) is 7.11 Å². The van der Waals surface area contributed by atoms with Crippen LogP contribution in [0.2, 0.25) is 0 Å². The second-order valence-corrected chi connectivity index (χ2v) is 7.38. The summed E-state index contributed by atoms with van der Waals surface area (Å²) in [7, 11) is 1.72. The lowest BCUT2D eigenvalue weighted by atomic mass is 9.86. The first kappa shape index (κ1) is 17.3. The van der Waals surface area contributed by atoms with Crippen molar-refractivity contribution in [3.05, 3.63) is 24.3 Å². The van der Waals surface area contributed by atoms with Crippen LogP contribution in [-0.2, 0) is 0 Å². The van der Waals surface area contributed by atoms with Gasteiger partial charge < -0.3 is 19.9 Å². The van der Waals surface area contributed by atoms with Gasteiger partial charge in [0.25, 0.3) is 0 Å². The summed E-state index contributed by atoms with van der Waals surface area (Å²) in [6.07, 6.45) is 5.27. The van der Waals surface area contributed by atoms with Gasteiger partial charge in [0.15, 0.2) is 5.11 Å². The van der Waals surface area contributed by atoms with Crippen molar-refractivity contribution in [2.24, 2.45) is 5.92 Å². The summed E-state index contributed by atoms with van der Waals surface area (Å²) in [5.41, 5.74) is 1.23. The van der Waals surface area contributed by atoms with E-state index >= 15 is 0 Å². The maximum Gasteiger partial charge on any atom is 0.169 e. The van der Waals surface area contributed by atoms with E-state index in [4.69, 9.17) is 17.0 Å². The highest BCUT2D eigenvalue weighted by atomic mass is 32.1. The summed E-state index contributed by atoms with van der Waals surface area (Å²) < 4.78 is 5.33. The highest BCUT2D eigenvalue weighted by Gasteiger charge is 2.25. The molecule has 0 spiro atoms. The monoisotopic (exact) mass is 347 g/mol. The summed E-state index contributed by atoms with van der Waals surface area (Å²) >= 11 is 5.68. The Labute approximate surface area is 151 Å². The smallest absolute Gasteiger partial charge is 0.169 e. The van der Waals surface area contributed by atoms with Crippen LogP contribution in [0.25, 0.3) is 0 Å². The minimum absolute atomic E-state index is 0.558. The van der Waals surface area contributed by atoms with Gasteiger partial charge in [-0.15, -0.1) is 0 Å². The minimum Gasteiger partial charge on any atom is -0.497 e. The Balaban J connectivity index is 1.51. The average Bonchev–Trinajstić information content (AvgIpc) is 2.64. The molecular formula is C19H29N3OS. The summed E-state index contributed by atoms with van der Waals surface area (Å²) in [6, 6.07) is 8.86. The summed E-state index contributed by atoms with van der Waals surface area (Å²) in [6.45, 7) is 6.29. The normalized spacial score (nSPS) is 24.6. The lowest BCUT2D eigenvalue weighted by Gasteiger charge is -2.39. The fraction of sp³-hybridized carbons (Fsp3) is 0.632. The van der Waals surface area contributed by atoms with Crippen molar-refractivity contribution in [1.82, 2.24) is 10.2 Å². The van der Waals surface area contributed by atoms with Crippen molar-refractivity contribution >= 4 is 23.0 Å². The molecule has 0 radical (unpaired) electrons. The Kier molecular flexibility index (Phi) is 5.82. The molecule has 1 saturated heterocycles. The number of rotatable bonds is 3. The number of ether oxygens (including phenoxy) is 1. The fourth-order valence-corrected chi connectivity index (χ4v) is 4.09. The molecule has 3 rings (SSSR count). The number of benzene rings is 1. The van der Waals surface area contributed by atoms with Gasteiger partial charge in [0.2, 0.25) is 0 Å². The van der Waals surface area contributed by atoms with Crippen LogP contribution in [0.4, 0.5) is 5.69 Å². The first-order valence-corrected chi connectivity index (χ1v) is 9.52. The SMILES string of the molecule is COc1cccc(N2CCN(C(=S)N[C@H]3CCCC[C@H]3C)CC2)c1. The van der Waals surface area contributed by atoms with Gasteiger partial charge in [0.05, 0.1) is 7.11 Å². The molecule has 2 aliphatic rings. The summed E-state index contributed by atoms with van der Waals surface area (Å²) in [5.74, 6) is 1.65. The summed E-state index contributed by atoms with van der Waals surface area (Å²) in [5, 5.41) is 4.57. The van der Waals surface area contributed by atoms with Crippen LogP contribution in [0.5, 0.6) is 5.75 Å². The largest absolute Gasteiger partial charge is 0.497 e. The molecule has 0 bridgehead atoms. The number of nitrogens with one attached hydrogen (secondary N) is 1. The summed E-state index contributed by atoms with van der Waals surface area (Å²) in [4.78, 5) is 4.73. The fourth-order valence-electron chi connectivity index (χ4n) is 3.76. The van der Waals surface area contributed by atoms with Crippen molar-refractivity contribution < 1.29 is 4.74 Å². The third-order valence-electron chi connectivity index (χ3n) is 5.41. The maximum atomic E-state index is 5.68. The molecule has 132 valence electrons. The van der Waals surface area contributed by atoms with Gasteiger partial charge in [-0.1, -0.05) is 25.8 Å². The third-order valence-corrected chi connectivity index (χ3v) is 5.78. The second kappa shape index (κ2) is 8.06. The maximum absolute atomic E-state index is 5.68. The Morgan fingerprint density at radius 1 is 1.17 bits per heavy atom. The number of piperazine rings is 1. The lowest BCUT2D eigenvalue weighted by Crippen LogP contribution is -2.54. The van der Waals surface area contributed by atoms with E-state index in [-0.39, 0.29) is 0 Å². The van der Waals surface area contributed by atoms with Gasteiger partial charge in [-0.3, -0.25) is 0 Å². The molecule has 0 aromatic heterocycles.